The van der Waals surface area contributed by atoms with E-state index in [1.54, 1.807) is 26.2 Å². The lowest BCUT2D eigenvalue weighted by molar-refractivity contribution is -0.148. The molecule has 10 heteroatoms. The van der Waals surface area contributed by atoms with Gasteiger partial charge < -0.3 is 20.1 Å². The van der Waals surface area contributed by atoms with Crippen molar-refractivity contribution >= 4 is 28.8 Å². The van der Waals surface area contributed by atoms with Crippen LogP contribution >= 0.6 is 0 Å². The number of piperidine rings is 1. The third-order valence-electron chi connectivity index (χ3n) is 6.30. The lowest BCUT2D eigenvalue weighted by Crippen LogP contribution is -2.40. The molecule has 2 aromatic carbocycles. The Morgan fingerprint density at radius 2 is 2.03 bits per heavy atom. The summed E-state index contributed by atoms with van der Waals surface area (Å²) in [4.78, 5) is 24.0. The van der Waals surface area contributed by atoms with E-state index < -0.39 is 5.82 Å². The predicted octanol–water partition coefficient (Wildman–Crippen LogP) is 3.99. The topological polar surface area (TPSA) is 108 Å². The molecule has 0 spiro atoms. The minimum Gasteiger partial charge on any atom is -0.496 e. The minimum atomic E-state index is -0.401. The first-order chi connectivity index (χ1) is 17.5. The zero-order chi connectivity index (χ0) is 25.2. The smallest absolute Gasteiger partial charge is 0.310 e. The highest BCUT2D eigenvalue weighted by Crippen LogP contribution is 2.38. The number of methoxy groups -OCH3 is 1. The van der Waals surface area contributed by atoms with Crippen molar-refractivity contribution in [2.45, 2.75) is 19.8 Å². The molecule has 1 aliphatic rings. The Labute approximate surface area is 207 Å². The number of ether oxygens (including phenoxy) is 2. The molecule has 186 valence electrons. The van der Waals surface area contributed by atoms with Gasteiger partial charge in [-0.15, -0.1) is 5.10 Å². The number of hydrogen-bond donors (Lipinski definition) is 1. The van der Waals surface area contributed by atoms with Crippen LogP contribution < -0.4 is 15.4 Å². The maximum atomic E-state index is 14.0. The summed E-state index contributed by atoms with van der Waals surface area (Å²) in [6.45, 7) is 3.27. The predicted molar refractivity (Wildman–Crippen MR) is 135 cm³/mol. The summed E-state index contributed by atoms with van der Waals surface area (Å²) in [5.74, 6) is 0.453. The first kappa shape index (κ1) is 23.5. The second-order valence-electron chi connectivity index (χ2n) is 8.59. The van der Waals surface area contributed by atoms with Crippen molar-refractivity contribution in [2.24, 2.45) is 5.92 Å². The second-order valence-corrected chi connectivity index (χ2v) is 8.59. The number of nitrogen functional groups attached to an aromatic ring is 1. The van der Waals surface area contributed by atoms with Crippen molar-refractivity contribution in [2.75, 3.05) is 37.4 Å². The maximum Gasteiger partial charge on any atom is 0.310 e. The highest BCUT2D eigenvalue weighted by molar-refractivity contribution is 6.00. The van der Waals surface area contributed by atoms with E-state index in [1.165, 1.54) is 16.8 Å². The average molecular weight is 491 g/mol. The van der Waals surface area contributed by atoms with Gasteiger partial charge in [0.2, 0.25) is 5.95 Å². The molecule has 2 N–H and O–H groups in total. The number of hydrogen-bond acceptors (Lipinski definition) is 8. The maximum absolute atomic E-state index is 14.0. The zero-order valence-corrected chi connectivity index (χ0v) is 20.1. The van der Waals surface area contributed by atoms with Crippen LogP contribution in [0.2, 0.25) is 0 Å². The van der Waals surface area contributed by atoms with Gasteiger partial charge in [0.15, 0.2) is 5.65 Å². The molecule has 1 unspecified atom stereocenters. The second kappa shape index (κ2) is 9.80. The van der Waals surface area contributed by atoms with Crippen molar-refractivity contribution in [1.29, 1.82) is 0 Å². The van der Waals surface area contributed by atoms with E-state index in [4.69, 9.17) is 25.2 Å². The molecule has 0 saturated carbocycles. The fraction of sp³-hybridized carbons (Fsp3) is 0.308. The number of halogens is 1. The third-order valence-corrected chi connectivity index (χ3v) is 6.30. The van der Waals surface area contributed by atoms with Crippen LogP contribution in [-0.4, -0.2) is 52.5 Å². The number of aromatic nitrogens is 4. The molecule has 9 nitrogen and oxygen atoms in total. The number of carbonyl (C=O) groups is 1. The van der Waals surface area contributed by atoms with Crippen LogP contribution in [0.15, 0.2) is 48.5 Å². The summed E-state index contributed by atoms with van der Waals surface area (Å²) in [5, 5.41) is 5.15. The summed E-state index contributed by atoms with van der Waals surface area (Å²) in [6.07, 6.45) is 1.55. The number of fused-ring (bicyclic) bond motifs is 1. The van der Waals surface area contributed by atoms with E-state index in [9.17, 15) is 9.18 Å². The molecule has 0 amide bonds. The largest absolute Gasteiger partial charge is 0.496 e. The van der Waals surface area contributed by atoms with Gasteiger partial charge in [0, 0.05) is 18.7 Å². The molecular weight excluding hydrogens is 463 g/mol. The average Bonchev–Trinajstić information content (AvgIpc) is 3.24. The van der Waals surface area contributed by atoms with E-state index in [0.717, 1.165) is 18.4 Å². The standard InChI is InChI=1S/C26H27FN6O3/c1-3-36-25(34)16-8-7-13-32(15-16)26-29-22(19-11-4-5-12-20(19)35-2)21-23(28)33(31-24(21)30-26)18-10-6-9-17(27)14-18/h4-6,9-12,14,16H,3,7-8,13,15,28H2,1-2H3. The monoisotopic (exact) mass is 490 g/mol. The summed E-state index contributed by atoms with van der Waals surface area (Å²) < 4.78 is 26.3. The van der Waals surface area contributed by atoms with E-state index in [0.29, 0.717) is 53.8 Å². The summed E-state index contributed by atoms with van der Waals surface area (Å²) in [7, 11) is 1.59. The number of carbonyl (C=O) groups excluding carboxylic acids is 1. The molecule has 36 heavy (non-hydrogen) atoms. The van der Waals surface area contributed by atoms with Crippen LogP contribution in [0.1, 0.15) is 19.8 Å². The van der Waals surface area contributed by atoms with Crippen LogP contribution in [0, 0.1) is 11.7 Å². The van der Waals surface area contributed by atoms with Crippen LogP contribution in [0.4, 0.5) is 16.2 Å². The van der Waals surface area contributed by atoms with E-state index in [-0.39, 0.29) is 17.7 Å². The Morgan fingerprint density at radius 1 is 1.19 bits per heavy atom. The Bertz CT molecular complexity index is 1420. The molecule has 2 aromatic heterocycles. The van der Waals surface area contributed by atoms with Gasteiger partial charge in [-0.05, 0) is 50.1 Å². The minimum absolute atomic E-state index is 0.215. The molecule has 1 atom stereocenters. The lowest BCUT2D eigenvalue weighted by Gasteiger charge is -2.31. The van der Waals surface area contributed by atoms with E-state index >= 15 is 0 Å². The van der Waals surface area contributed by atoms with Crippen molar-refractivity contribution in [3.8, 4) is 22.7 Å². The van der Waals surface area contributed by atoms with Gasteiger partial charge in [0.1, 0.15) is 17.4 Å². The van der Waals surface area contributed by atoms with Gasteiger partial charge >= 0.3 is 5.97 Å². The molecule has 3 heterocycles. The number of esters is 1. The zero-order valence-electron chi connectivity index (χ0n) is 20.1. The van der Waals surface area contributed by atoms with E-state index in [2.05, 4.69) is 5.10 Å². The first-order valence-electron chi connectivity index (χ1n) is 11.9. The third kappa shape index (κ3) is 4.30. The highest BCUT2D eigenvalue weighted by Gasteiger charge is 2.30. The summed E-state index contributed by atoms with van der Waals surface area (Å²) in [6, 6.07) is 13.5. The molecular formula is C26H27FN6O3. The highest BCUT2D eigenvalue weighted by atomic mass is 19.1. The number of benzene rings is 2. The van der Waals surface area contributed by atoms with Gasteiger partial charge in [-0.25, -0.2) is 14.1 Å². The van der Waals surface area contributed by atoms with E-state index in [1.807, 2.05) is 29.2 Å². The molecule has 1 fully saturated rings. The van der Waals surface area contributed by atoms with Crippen LogP contribution in [0.5, 0.6) is 5.75 Å². The molecule has 0 radical (unpaired) electrons. The number of para-hydroxylation sites is 1. The number of nitrogens with two attached hydrogens (primary N) is 1. The van der Waals surface area contributed by atoms with Gasteiger partial charge in [-0.1, -0.05) is 18.2 Å². The number of rotatable bonds is 6. The van der Waals surface area contributed by atoms with Crippen molar-refractivity contribution in [3.05, 3.63) is 54.3 Å². The fourth-order valence-electron chi connectivity index (χ4n) is 4.59. The molecule has 5 rings (SSSR count). The van der Waals surface area contributed by atoms with Crippen LogP contribution in [-0.2, 0) is 9.53 Å². The fourth-order valence-corrected chi connectivity index (χ4v) is 4.59. The Balaban J connectivity index is 1.68. The Hall–Kier alpha value is -4.21. The quantitative estimate of drug-likeness (QED) is 0.404. The Morgan fingerprint density at radius 3 is 2.81 bits per heavy atom. The van der Waals surface area contributed by atoms with Crippen molar-refractivity contribution < 1.29 is 18.7 Å². The molecule has 1 saturated heterocycles. The van der Waals surface area contributed by atoms with Gasteiger partial charge in [-0.3, -0.25) is 4.79 Å². The summed E-state index contributed by atoms with van der Waals surface area (Å²) in [5.41, 5.74) is 8.66. The van der Waals surface area contributed by atoms with Crippen LogP contribution in [0.3, 0.4) is 0 Å². The van der Waals surface area contributed by atoms with Gasteiger partial charge in [0.25, 0.3) is 0 Å². The summed E-state index contributed by atoms with van der Waals surface area (Å²) >= 11 is 0. The number of anilines is 2. The van der Waals surface area contributed by atoms with Crippen molar-refractivity contribution in [3.63, 3.8) is 0 Å². The lowest BCUT2D eigenvalue weighted by atomic mass is 9.98. The van der Waals surface area contributed by atoms with Gasteiger partial charge in [-0.2, -0.15) is 4.98 Å². The van der Waals surface area contributed by atoms with Crippen LogP contribution in [0.25, 0.3) is 28.0 Å². The normalized spacial score (nSPS) is 15.8. The van der Waals surface area contributed by atoms with Crippen molar-refractivity contribution in [1.82, 2.24) is 19.7 Å². The van der Waals surface area contributed by atoms with Gasteiger partial charge in [0.05, 0.1) is 36.4 Å². The first-order valence-corrected chi connectivity index (χ1v) is 11.9. The molecule has 1 aliphatic heterocycles. The SMILES string of the molecule is CCOC(=O)C1CCCN(c2nc(-c3ccccc3OC)c3c(N)n(-c4cccc(F)c4)nc3n2)C1. The molecule has 4 aromatic rings. The molecule has 0 aliphatic carbocycles. The number of nitrogens with zero attached hydrogens (tertiary/aromatic N) is 5. The Kier molecular flexibility index (Phi) is 6.41. The molecule has 0 bridgehead atoms.